The molecule has 20 heavy (non-hydrogen) atoms. The lowest BCUT2D eigenvalue weighted by Crippen LogP contribution is -2.41. The predicted octanol–water partition coefficient (Wildman–Crippen LogP) is 3.05. The molecular formula is C14H18F3NO2. The quantitative estimate of drug-likeness (QED) is 0.924. The minimum atomic E-state index is -4.12. The number of benzene rings is 1. The van der Waals surface area contributed by atoms with Crippen LogP contribution in [0.3, 0.4) is 0 Å². The number of likely N-dealkylation sites (tertiary alicyclic amines) is 1. The number of ether oxygens (including phenoxy) is 1. The molecule has 112 valence electrons. The number of nitrogens with zero attached hydrogens (tertiary/aromatic N) is 1. The van der Waals surface area contributed by atoms with E-state index in [1.54, 1.807) is 18.2 Å². The summed E-state index contributed by atoms with van der Waals surface area (Å²) in [4.78, 5) is 1.44. The monoisotopic (exact) mass is 289 g/mol. The Labute approximate surface area is 116 Å². The second kappa shape index (κ2) is 6.35. The summed E-state index contributed by atoms with van der Waals surface area (Å²) in [5.74, 6) is 0.993. The van der Waals surface area contributed by atoms with Gasteiger partial charge in [-0.2, -0.15) is 13.2 Å². The van der Waals surface area contributed by atoms with E-state index in [-0.39, 0.29) is 11.7 Å². The smallest absolute Gasteiger partial charge is 0.401 e. The largest absolute Gasteiger partial charge is 0.508 e. The van der Waals surface area contributed by atoms with Crippen molar-refractivity contribution in [3.8, 4) is 11.5 Å². The molecule has 6 heteroatoms. The summed E-state index contributed by atoms with van der Waals surface area (Å²) in [5, 5.41) is 9.30. The van der Waals surface area contributed by atoms with Crippen molar-refractivity contribution in [2.45, 2.75) is 19.0 Å². The van der Waals surface area contributed by atoms with E-state index < -0.39 is 12.7 Å². The van der Waals surface area contributed by atoms with E-state index >= 15 is 0 Å². The van der Waals surface area contributed by atoms with Crippen LogP contribution in [0.4, 0.5) is 13.2 Å². The first-order valence-corrected chi connectivity index (χ1v) is 6.63. The van der Waals surface area contributed by atoms with Gasteiger partial charge in [0.25, 0.3) is 0 Å². The van der Waals surface area contributed by atoms with Crippen molar-refractivity contribution in [3.63, 3.8) is 0 Å². The predicted molar refractivity (Wildman–Crippen MR) is 68.8 cm³/mol. The Morgan fingerprint density at radius 1 is 1.25 bits per heavy atom. The zero-order chi connectivity index (χ0) is 14.6. The third-order valence-electron chi connectivity index (χ3n) is 3.41. The molecular weight excluding hydrogens is 271 g/mol. The van der Waals surface area contributed by atoms with E-state index in [4.69, 9.17) is 4.74 Å². The summed E-state index contributed by atoms with van der Waals surface area (Å²) in [6, 6.07) is 6.52. The number of hydrogen-bond acceptors (Lipinski definition) is 3. The number of piperidine rings is 1. The fourth-order valence-corrected chi connectivity index (χ4v) is 2.35. The minimum Gasteiger partial charge on any atom is -0.508 e. The van der Waals surface area contributed by atoms with Crippen molar-refractivity contribution < 1.29 is 23.0 Å². The van der Waals surface area contributed by atoms with Crippen LogP contribution in [0.15, 0.2) is 24.3 Å². The Bertz CT molecular complexity index is 429. The lowest BCUT2D eigenvalue weighted by atomic mass is 9.98. The zero-order valence-electron chi connectivity index (χ0n) is 11.1. The topological polar surface area (TPSA) is 32.7 Å². The van der Waals surface area contributed by atoms with Gasteiger partial charge in [0.05, 0.1) is 13.2 Å². The van der Waals surface area contributed by atoms with Crippen molar-refractivity contribution in [2.24, 2.45) is 5.92 Å². The van der Waals surface area contributed by atoms with Gasteiger partial charge in [-0.05, 0) is 44.0 Å². The van der Waals surface area contributed by atoms with E-state index in [0.29, 0.717) is 38.3 Å². The van der Waals surface area contributed by atoms with Crippen LogP contribution < -0.4 is 4.74 Å². The number of rotatable bonds is 4. The molecule has 1 aliphatic heterocycles. The Morgan fingerprint density at radius 2 is 1.95 bits per heavy atom. The standard InChI is InChI=1S/C14H18F3NO2/c15-14(16,17)10-18-6-4-11(5-7-18)9-20-13-3-1-2-12(19)8-13/h1-3,8,11,19H,4-7,9-10H2. The summed E-state index contributed by atoms with van der Waals surface area (Å²) in [5.41, 5.74) is 0. The van der Waals surface area contributed by atoms with Gasteiger partial charge in [-0.25, -0.2) is 0 Å². The van der Waals surface area contributed by atoms with Crippen molar-refractivity contribution in [1.29, 1.82) is 0 Å². The van der Waals surface area contributed by atoms with Gasteiger partial charge in [-0.15, -0.1) is 0 Å². The summed E-state index contributed by atoms with van der Waals surface area (Å²) in [7, 11) is 0. The molecule has 1 heterocycles. The Hall–Kier alpha value is -1.43. The van der Waals surface area contributed by atoms with Crippen LogP contribution in [0.25, 0.3) is 0 Å². The maximum atomic E-state index is 12.3. The fraction of sp³-hybridized carbons (Fsp3) is 0.571. The molecule has 1 aliphatic rings. The zero-order valence-corrected chi connectivity index (χ0v) is 11.1. The number of alkyl halides is 3. The lowest BCUT2D eigenvalue weighted by molar-refractivity contribution is -0.148. The molecule has 0 amide bonds. The van der Waals surface area contributed by atoms with Crippen LogP contribution in [-0.2, 0) is 0 Å². The Morgan fingerprint density at radius 3 is 2.55 bits per heavy atom. The molecule has 1 aromatic rings. The molecule has 2 rings (SSSR count). The van der Waals surface area contributed by atoms with Crippen LogP contribution >= 0.6 is 0 Å². The average molecular weight is 289 g/mol. The van der Waals surface area contributed by atoms with Crippen LogP contribution in [0.1, 0.15) is 12.8 Å². The molecule has 0 aliphatic carbocycles. The van der Waals surface area contributed by atoms with Gasteiger partial charge in [-0.1, -0.05) is 6.07 Å². The van der Waals surface area contributed by atoms with E-state index in [1.807, 2.05) is 0 Å². The highest BCUT2D eigenvalue weighted by atomic mass is 19.4. The SMILES string of the molecule is Oc1cccc(OCC2CCN(CC(F)(F)F)CC2)c1. The van der Waals surface area contributed by atoms with Crippen molar-refractivity contribution in [1.82, 2.24) is 4.90 Å². The Balaban J connectivity index is 1.72. The van der Waals surface area contributed by atoms with Gasteiger partial charge in [0, 0.05) is 6.07 Å². The maximum Gasteiger partial charge on any atom is 0.401 e. The van der Waals surface area contributed by atoms with E-state index in [1.165, 1.54) is 11.0 Å². The van der Waals surface area contributed by atoms with Gasteiger partial charge in [0.2, 0.25) is 0 Å². The molecule has 0 radical (unpaired) electrons. The summed E-state index contributed by atoms with van der Waals surface area (Å²) >= 11 is 0. The first kappa shape index (κ1) is 15.0. The summed E-state index contributed by atoms with van der Waals surface area (Å²) < 4.78 is 42.3. The molecule has 1 saturated heterocycles. The van der Waals surface area contributed by atoms with Crippen molar-refractivity contribution in [2.75, 3.05) is 26.2 Å². The van der Waals surface area contributed by atoms with Gasteiger partial charge in [-0.3, -0.25) is 4.90 Å². The normalized spacial score (nSPS) is 18.1. The molecule has 3 nitrogen and oxygen atoms in total. The molecule has 1 aromatic carbocycles. The molecule has 0 spiro atoms. The van der Waals surface area contributed by atoms with Crippen molar-refractivity contribution in [3.05, 3.63) is 24.3 Å². The molecule has 1 N–H and O–H groups in total. The first-order chi connectivity index (χ1) is 9.42. The number of halogens is 3. The second-order valence-electron chi connectivity index (χ2n) is 5.14. The van der Waals surface area contributed by atoms with Gasteiger partial charge >= 0.3 is 6.18 Å². The van der Waals surface area contributed by atoms with Crippen LogP contribution in [0.5, 0.6) is 11.5 Å². The summed E-state index contributed by atoms with van der Waals surface area (Å²) in [6.45, 7) is 0.553. The van der Waals surface area contributed by atoms with E-state index in [9.17, 15) is 18.3 Å². The lowest BCUT2D eigenvalue weighted by Gasteiger charge is -2.32. The first-order valence-electron chi connectivity index (χ1n) is 6.63. The van der Waals surface area contributed by atoms with Gasteiger partial charge in [0.1, 0.15) is 11.5 Å². The van der Waals surface area contributed by atoms with E-state index in [0.717, 1.165) is 0 Å². The third-order valence-corrected chi connectivity index (χ3v) is 3.41. The van der Waals surface area contributed by atoms with Gasteiger partial charge < -0.3 is 9.84 Å². The number of hydrogen-bond donors (Lipinski definition) is 1. The van der Waals surface area contributed by atoms with Crippen LogP contribution in [0, 0.1) is 5.92 Å². The number of phenolic OH excluding ortho intramolecular Hbond substituents is 1. The molecule has 0 aromatic heterocycles. The number of phenols is 1. The maximum absolute atomic E-state index is 12.3. The fourth-order valence-electron chi connectivity index (χ4n) is 2.35. The molecule has 0 bridgehead atoms. The summed E-state index contributed by atoms with van der Waals surface area (Å²) in [6.07, 6.45) is -2.71. The molecule has 0 saturated carbocycles. The Kier molecular flexibility index (Phi) is 4.75. The van der Waals surface area contributed by atoms with Crippen LogP contribution in [0.2, 0.25) is 0 Å². The molecule has 0 atom stereocenters. The van der Waals surface area contributed by atoms with Gasteiger partial charge in [0.15, 0.2) is 0 Å². The number of aromatic hydroxyl groups is 1. The van der Waals surface area contributed by atoms with E-state index in [2.05, 4.69) is 0 Å². The minimum absolute atomic E-state index is 0.141. The highest BCUT2D eigenvalue weighted by molar-refractivity contribution is 5.31. The average Bonchev–Trinajstić information content (AvgIpc) is 2.36. The highest BCUT2D eigenvalue weighted by Crippen LogP contribution is 2.24. The highest BCUT2D eigenvalue weighted by Gasteiger charge is 2.32. The third kappa shape index (κ3) is 4.92. The van der Waals surface area contributed by atoms with Crippen LogP contribution in [-0.4, -0.2) is 42.4 Å². The molecule has 1 fully saturated rings. The van der Waals surface area contributed by atoms with Crippen molar-refractivity contribution >= 4 is 0 Å². The second-order valence-corrected chi connectivity index (χ2v) is 5.14. The molecule has 0 unspecified atom stereocenters.